The Balaban J connectivity index is 2.54. The monoisotopic (exact) mass is 289 g/mol. The van der Waals surface area contributed by atoms with Crippen LogP contribution in [0.1, 0.15) is 44.4 Å². The number of ether oxygens (including phenoxy) is 1. The van der Waals surface area contributed by atoms with E-state index < -0.39 is 11.7 Å². The average molecular weight is 289 g/mol. The van der Waals surface area contributed by atoms with Crippen LogP contribution in [0.5, 0.6) is 0 Å². The molecule has 20 heavy (non-hydrogen) atoms. The normalized spacial score (nSPS) is 14.3. The van der Waals surface area contributed by atoms with Gasteiger partial charge in [-0.3, -0.25) is 0 Å². The molecule has 0 spiro atoms. The van der Waals surface area contributed by atoms with Crippen molar-refractivity contribution in [1.82, 2.24) is 5.32 Å². The maximum atomic E-state index is 12.5. The van der Waals surface area contributed by atoms with Gasteiger partial charge in [-0.15, -0.1) is 0 Å². The third-order valence-electron chi connectivity index (χ3n) is 3.47. The van der Waals surface area contributed by atoms with E-state index in [1.165, 1.54) is 12.1 Å². The molecule has 0 aromatic heterocycles. The first kappa shape index (κ1) is 17.0. The van der Waals surface area contributed by atoms with Crippen molar-refractivity contribution < 1.29 is 17.9 Å². The lowest BCUT2D eigenvalue weighted by molar-refractivity contribution is -0.137. The van der Waals surface area contributed by atoms with Gasteiger partial charge in [0.05, 0.1) is 11.2 Å². The van der Waals surface area contributed by atoms with E-state index in [0.717, 1.165) is 30.7 Å². The molecule has 0 heterocycles. The van der Waals surface area contributed by atoms with Gasteiger partial charge in [0, 0.05) is 13.2 Å². The highest BCUT2D eigenvalue weighted by Crippen LogP contribution is 2.29. The summed E-state index contributed by atoms with van der Waals surface area (Å²) < 4.78 is 42.7. The molecule has 0 saturated carbocycles. The van der Waals surface area contributed by atoms with Crippen LogP contribution in [0.2, 0.25) is 0 Å². The molecule has 1 aromatic carbocycles. The highest BCUT2D eigenvalue weighted by atomic mass is 19.4. The molecule has 0 aliphatic heterocycles. The second kappa shape index (κ2) is 6.59. The van der Waals surface area contributed by atoms with E-state index in [0.29, 0.717) is 0 Å². The van der Waals surface area contributed by atoms with Crippen LogP contribution < -0.4 is 5.32 Å². The minimum atomic E-state index is -4.28. The van der Waals surface area contributed by atoms with Crippen LogP contribution in [0.15, 0.2) is 24.3 Å². The minimum absolute atomic E-state index is 0.00457. The van der Waals surface area contributed by atoms with E-state index in [1.807, 2.05) is 20.8 Å². The number of halogens is 3. The van der Waals surface area contributed by atoms with Crippen molar-refractivity contribution in [2.24, 2.45) is 0 Å². The fourth-order valence-corrected chi connectivity index (χ4v) is 1.77. The largest absolute Gasteiger partial charge is 0.416 e. The van der Waals surface area contributed by atoms with Gasteiger partial charge in [-0.25, -0.2) is 0 Å². The van der Waals surface area contributed by atoms with Gasteiger partial charge in [0.1, 0.15) is 0 Å². The van der Waals surface area contributed by atoms with Crippen LogP contribution in [0.3, 0.4) is 0 Å². The Morgan fingerprint density at radius 3 is 2.15 bits per heavy atom. The topological polar surface area (TPSA) is 21.3 Å². The van der Waals surface area contributed by atoms with Crippen molar-refractivity contribution in [3.63, 3.8) is 0 Å². The fourth-order valence-electron chi connectivity index (χ4n) is 1.77. The summed E-state index contributed by atoms with van der Waals surface area (Å²) in [6.45, 7) is 6.67. The van der Waals surface area contributed by atoms with Crippen molar-refractivity contribution in [1.29, 1.82) is 0 Å². The molecular weight excluding hydrogens is 267 g/mol. The van der Waals surface area contributed by atoms with E-state index in [2.05, 4.69) is 5.32 Å². The van der Waals surface area contributed by atoms with Gasteiger partial charge in [-0.05, 0) is 51.4 Å². The lowest BCUT2D eigenvalue weighted by Gasteiger charge is -2.24. The molecule has 5 heteroatoms. The number of hydrogen-bond donors (Lipinski definition) is 1. The molecular formula is C15H22F3NO. The molecule has 1 atom stereocenters. The van der Waals surface area contributed by atoms with Gasteiger partial charge in [0.2, 0.25) is 0 Å². The second-order valence-electron chi connectivity index (χ2n) is 5.51. The molecule has 1 rings (SSSR count). The van der Waals surface area contributed by atoms with Gasteiger partial charge in [-0.2, -0.15) is 13.2 Å². The number of nitrogens with one attached hydrogen (secondary N) is 1. The SMILES string of the molecule is COC(C)(C)CCNC(C)c1ccc(C(F)(F)F)cc1. The third kappa shape index (κ3) is 5.13. The van der Waals surface area contributed by atoms with Crippen LogP contribution in [0, 0.1) is 0 Å². The van der Waals surface area contributed by atoms with E-state index in [1.54, 1.807) is 7.11 Å². The summed E-state index contributed by atoms with van der Waals surface area (Å²) in [5.41, 5.74) is 0.0227. The Labute approximate surface area is 118 Å². The van der Waals surface area contributed by atoms with Crippen LogP contribution >= 0.6 is 0 Å². The highest BCUT2D eigenvalue weighted by Gasteiger charge is 2.30. The fraction of sp³-hybridized carbons (Fsp3) is 0.600. The Hall–Kier alpha value is -1.07. The molecule has 0 radical (unpaired) electrons. The zero-order valence-electron chi connectivity index (χ0n) is 12.3. The predicted molar refractivity (Wildman–Crippen MR) is 73.6 cm³/mol. The Morgan fingerprint density at radius 2 is 1.70 bits per heavy atom. The summed E-state index contributed by atoms with van der Waals surface area (Å²) >= 11 is 0. The third-order valence-corrected chi connectivity index (χ3v) is 3.47. The standard InChI is InChI=1S/C15H22F3NO/c1-11(19-10-9-14(2,3)20-4)12-5-7-13(8-6-12)15(16,17)18/h5-8,11,19H,9-10H2,1-4H3. The van der Waals surface area contributed by atoms with Crippen molar-refractivity contribution >= 4 is 0 Å². The summed E-state index contributed by atoms with van der Waals surface area (Å²) in [5.74, 6) is 0. The van der Waals surface area contributed by atoms with Gasteiger partial charge in [0.15, 0.2) is 0 Å². The molecule has 114 valence electrons. The first-order chi connectivity index (χ1) is 9.15. The van der Waals surface area contributed by atoms with Crippen molar-refractivity contribution in [2.45, 2.75) is 45.0 Å². The van der Waals surface area contributed by atoms with E-state index in [-0.39, 0.29) is 11.6 Å². The molecule has 1 aromatic rings. The smallest absolute Gasteiger partial charge is 0.379 e. The first-order valence-corrected chi connectivity index (χ1v) is 6.61. The summed E-state index contributed by atoms with van der Waals surface area (Å²) in [6, 6.07) is 5.27. The summed E-state index contributed by atoms with van der Waals surface area (Å²) in [6.07, 6.45) is -3.45. The zero-order chi connectivity index (χ0) is 15.4. The van der Waals surface area contributed by atoms with Crippen molar-refractivity contribution in [2.75, 3.05) is 13.7 Å². The van der Waals surface area contributed by atoms with Gasteiger partial charge in [-0.1, -0.05) is 12.1 Å². The average Bonchev–Trinajstić information content (AvgIpc) is 2.37. The Kier molecular flexibility index (Phi) is 5.59. The second-order valence-corrected chi connectivity index (χ2v) is 5.51. The summed E-state index contributed by atoms with van der Waals surface area (Å²) in [5, 5.41) is 3.29. The van der Waals surface area contributed by atoms with Gasteiger partial charge < -0.3 is 10.1 Å². The van der Waals surface area contributed by atoms with Gasteiger partial charge >= 0.3 is 6.18 Å². The molecule has 0 amide bonds. The summed E-state index contributed by atoms with van der Waals surface area (Å²) in [4.78, 5) is 0. The summed E-state index contributed by atoms with van der Waals surface area (Å²) in [7, 11) is 1.67. The van der Waals surface area contributed by atoms with E-state index in [4.69, 9.17) is 4.74 Å². The number of methoxy groups -OCH3 is 1. The minimum Gasteiger partial charge on any atom is -0.379 e. The lowest BCUT2D eigenvalue weighted by atomic mass is 10.0. The Morgan fingerprint density at radius 1 is 1.15 bits per heavy atom. The molecule has 0 aliphatic carbocycles. The highest BCUT2D eigenvalue weighted by molar-refractivity contribution is 5.26. The molecule has 1 unspecified atom stereocenters. The molecule has 0 saturated heterocycles. The molecule has 0 fully saturated rings. The maximum absolute atomic E-state index is 12.5. The van der Waals surface area contributed by atoms with E-state index in [9.17, 15) is 13.2 Å². The van der Waals surface area contributed by atoms with Crippen LogP contribution in [0.25, 0.3) is 0 Å². The molecule has 0 bridgehead atoms. The van der Waals surface area contributed by atoms with Crippen LogP contribution in [-0.4, -0.2) is 19.3 Å². The predicted octanol–water partition coefficient (Wildman–Crippen LogP) is 4.17. The quantitative estimate of drug-likeness (QED) is 0.848. The lowest BCUT2D eigenvalue weighted by Crippen LogP contribution is -2.30. The molecule has 1 N–H and O–H groups in total. The molecule has 2 nitrogen and oxygen atoms in total. The van der Waals surface area contributed by atoms with Crippen LogP contribution in [0.4, 0.5) is 13.2 Å². The Bertz CT molecular complexity index is 412. The van der Waals surface area contributed by atoms with E-state index >= 15 is 0 Å². The number of alkyl halides is 3. The molecule has 0 aliphatic rings. The van der Waals surface area contributed by atoms with Gasteiger partial charge in [0.25, 0.3) is 0 Å². The number of hydrogen-bond acceptors (Lipinski definition) is 2. The van der Waals surface area contributed by atoms with Crippen LogP contribution in [-0.2, 0) is 10.9 Å². The van der Waals surface area contributed by atoms with Crippen molar-refractivity contribution in [3.8, 4) is 0 Å². The maximum Gasteiger partial charge on any atom is 0.416 e. The number of rotatable bonds is 6. The first-order valence-electron chi connectivity index (χ1n) is 6.61. The number of benzene rings is 1. The van der Waals surface area contributed by atoms with Crippen molar-refractivity contribution in [3.05, 3.63) is 35.4 Å². The zero-order valence-corrected chi connectivity index (χ0v) is 12.3.